The molecule has 2 bridgehead atoms. The molecule has 1 aromatic rings. The summed E-state index contributed by atoms with van der Waals surface area (Å²) in [6, 6.07) is 1.90. The monoisotopic (exact) mass is 213 g/mol. The van der Waals surface area contributed by atoms with Gasteiger partial charge in [-0.2, -0.15) is 0 Å². The van der Waals surface area contributed by atoms with Gasteiger partial charge >= 0.3 is 0 Å². The number of rotatable bonds is 0. The first-order valence-electron chi connectivity index (χ1n) is 4.61. The molecule has 3 rings (SSSR count). The minimum atomic E-state index is -0.447. The zero-order chi connectivity index (χ0) is 9.71. The van der Waals surface area contributed by atoms with Crippen molar-refractivity contribution in [2.24, 2.45) is 0 Å². The van der Waals surface area contributed by atoms with E-state index < -0.39 is 5.82 Å². The minimum Gasteiger partial charge on any atom is -0.366 e. The van der Waals surface area contributed by atoms with Crippen molar-refractivity contribution in [3.05, 3.63) is 17.0 Å². The maximum Gasteiger partial charge on any atom is 0.167 e. The second kappa shape index (κ2) is 2.73. The highest BCUT2D eigenvalue weighted by Gasteiger charge is 2.31. The average molecular weight is 214 g/mol. The van der Waals surface area contributed by atoms with Crippen LogP contribution < -0.4 is 10.2 Å². The van der Waals surface area contributed by atoms with Crippen LogP contribution in [0.15, 0.2) is 6.07 Å². The van der Waals surface area contributed by atoms with Crippen molar-refractivity contribution in [2.45, 2.75) is 12.5 Å². The fraction of sp³-hybridized carbons (Fsp3) is 0.444. The first kappa shape index (κ1) is 8.29. The van der Waals surface area contributed by atoms with Gasteiger partial charge in [-0.15, -0.1) is 0 Å². The van der Waals surface area contributed by atoms with Crippen LogP contribution >= 0.6 is 11.6 Å². The second-order valence-corrected chi connectivity index (χ2v) is 4.06. The molecule has 1 saturated heterocycles. The number of hydrogen-bond donors (Lipinski definition) is 1. The summed E-state index contributed by atoms with van der Waals surface area (Å²) >= 11 is 5.62. The largest absolute Gasteiger partial charge is 0.366 e. The molecule has 2 aliphatic rings. The quantitative estimate of drug-likeness (QED) is 0.667. The Morgan fingerprint density at radius 1 is 1.64 bits per heavy atom. The molecular formula is C9H9ClFN3. The summed E-state index contributed by atoms with van der Waals surface area (Å²) in [5.74, 6) is 0.266. The van der Waals surface area contributed by atoms with Gasteiger partial charge in [-0.05, 0) is 6.42 Å². The van der Waals surface area contributed by atoms with Gasteiger partial charge in [0.25, 0.3) is 0 Å². The lowest BCUT2D eigenvalue weighted by molar-refractivity contribution is 0.620. The number of nitrogens with one attached hydrogen (secondary N) is 1. The van der Waals surface area contributed by atoms with E-state index in [1.807, 2.05) is 0 Å². The van der Waals surface area contributed by atoms with Crippen LogP contribution in [0.3, 0.4) is 0 Å². The molecule has 1 N–H and O–H groups in total. The molecule has 5 heteroatoms. The second-order valence-electron chi connectivity index (χ2n) is 3.70. The van der Waals surface area contributed by atoms with Crippen molar-refractivity contribution in [3.8, 4) is 0 Å². The summed E-state index contributed by atoms with van der Waals surface area (Å²) in [4.78, 5) is 6.13. The first-order valence-corrected chi connectivity index (χ1v) is 4.99. The van der Waals surface area contributed by atoms with Gasteiger partial charge in [0.1, 0.15) is 0 Å². The Morgan fingerprint density at radius 2 is 2.50 bits per heavy atom. The molecule has 2 aliphatic heterocycles. The van der Waals surface area contributed by atoms with Gasteiger partial charge in [0.05, 0.1) is 5.69 Å². The molecule has 0 aliphatic carbocycles. The van der Waals surface area contributed by atoms with Crippen molar-refractivity contribution in [2.75, 3.05) is 23.3 Å². The normalized spacial score (nSPS) is 23.3. The summed E-state index contributed by atoms with van der Waals surface area (Å²) in [7, 11) is 0. The summed E-state index contributed by atoms with van der Waals surface area (Å²) < 4.78 is 13.2. The van der Waals surface area contributed by atoms with Crippen molar-refractivity contribution >= 4 is 23.1 Å². The molecule has 0 unspecified atom stereocenters. The third-order valence-corrected chi connectivity index (χ3v) is 3.05. The molecule has 0 aromatic carbocycles. The lowest BCUT2D eigenvalue weighted by atomic mass is 10.2. The van der Waals surface area contributed by atoms with Crippen molar-refractivity contribution in [1.29, 1.82) is 0 Å². The van der Waals surface area contributed by atoms with E-state index in [0.29, 0.717) is 11.9 Å². The Balaban J connectivity index is 2.14. The minimum absolute atomic E-state index is 0.0567. The van der Waals surface area contributed by atoms with Gasteiger partial charge in [-0.3, -0.25) is 0 Å². The number of anilines is 2. The Labute approximate surface area is 85.9 Å². The summed E-state index contributed by atoms with van der Waals surface area (Å²) in [5.41, 5.74) is 0.834. The zero-order valence-electron chi connectivity index (χ0n) is 7.43. The molecule has 3 nitrogen and oxygen atoms in total. The molecule has 3 heterocycles. The van der Waals surface area contributed by atoms with E-state index >= 15 is 0 Å². The number of nitrogens with zero attached hydrogens (tertiary/aromatic N) is 2. The van der Waals surface area contributed by atoms with Crippen LogP contribution in [0.4, 0.5) is 15.9 Å². The highest BCUT2D eigenvalue weighted by molar-refractivity contribution is 6.29. The standard InChI is InChI=1S/C9H9ClFN3/c10-8-6(11)3-7-9(13-8)12-5-1-2-14(7)4-5/h3,5H,1-2,4H2,(H,12,13)/t5-/m1/s1. The highest BCUT2D eigenvalue weighted by atomic mass is 35.5. The van der Waals surface area contributed by atoms with Crippen LogP contribution in [0.2, 0.25) is 5.15 Å². The first-order chi connectivity index (χ1) is 6.74. The van der Waals surface area contributed by atoms with E-state index in [4.69, 9.17) is 11.6 Å². The lowest BCUT2D eigenvalue weighted by Gasteiger charge is -2.27. The van der Waals surface area contributed by atoms with Crippen molar-refractivity contribution < 1.29 is 4.39 Å². The maximum absolute atomic E-state index is 13.2. The van der Waals surface area contributed by atoms with Gasteiger partial charge < -0.3 is 10.2 Å². The number of aromatic nitrogens is 1. The van der Waals surface area contributed by atoms with E-state index in [1.165, 1.54) is 6.07 Å². The molecule has 0 spiro atoms. The number of pyridine rings is 1. The van der Waals surface area contributed by atoms with Crippen LogP contribution in [0.5, 0.6) is 0 Å². The van der Waals surface area contributed by atoms with Gasteiger partial charge in [-0.25, -0.2) is 9.37 Å². The van der Waals surface area contributed by atoms with Crippen LogP contribution in [-0.2, 0) is 0 Å². The third-order valence-electron chi connectivity index (χ3n) is 2.78. The third kappa shape index (κ3) is 1.07. The molecule has 1 atom stereocenters. The topological polar surface area (TPSA) is 28.2 Å². The van der Waals surface area contributed by atoms with Gasteiger partial charge in [-0.1, -0.05) is 11.6 Å². The molecule has 14 heavy (non-hydrogen) atoms. The molecule has 74 valence electrons. The zero-order valence-corrected chi connectivity index (χ0v) is 8.18. The van der Waals surface area contributed by atoms with Crippen molar-refractivity contribution in [3.63, 3.8) is 0 Å². The fourth-order valence-corrected chi connectivity index (χ4v) is 2.23. The predicted octanol–water partition coefficient (Wildman–Crippen LogP) is 1.88. The highest BCUT2D eigenvalue weighted by Crippen LogP contribution is 2.35. The van der Waals surface area contributed by atoms with E-state index in [0.717, 1.165) is 25.2 Å². The SMILES string of the molecule is Fc1cc2c(nc1Cl)N[C@@H]1CCN2C1. The Hall–Kier alpha value is -1.03. The van der Waals surface area contributed by atoms with Crippen LogP contribution in [0.1, 0.15) is 6.42 Å². The van der Waals surface area contributed by atoms with E-state index in [2.05, 4.69) is 15.2 Å². The summed E-state index contributed by atoms with van der Waals surface area (Å²) in [6.45, 7) is 1.91. The molecule has 0 radical (unpaired) electrons. The number of halogens is 2. The van der Waals surface area contributed by atoms with E-state index in [1.54, 1.807) is 0 Å². The summed E-state index contributed by atoms with van der Waals surface area (Å²) in [6.07, 6.45) is 1.08. The van der Waals surface area contributed by atoms with Gasteiger partial charge in [0, 0.05) is 25.2 Å². The smallest absolute Gasteiger partial charge is 0.167 e. The summed E-state index contributed by atoms with van der Waals surface area (Å²) in [5, 5.41) is 3.20. The van der Waals surface area contributed by atoms with Gasteiger partial charge in [0.2, 0.25) is 0 Å². The number of hydrogen-bond acceptors (Lipinski definition) is 3. The Kier molecular flexibility index (Phi) is 1.62. The van der Waals surface area contributed by atoms with Crippen LogP contribution in [0.25, 0.3) is 0 Å². The van der Waals surface area contributed by atoms with Crippen LogP contribution in [0, 0.1) is 5.82 Å². The molecular weight excluding hydrogens is 205 g/mol. The fourth-order valence-electron chi connectivity index (χ4n) is 2.09. The molecule has 0 saturated carbocycles. The van der Waals surface area contributed by atoms with Crippen LogP contribution in [-0.4, -0.2) is 24.1 Å². The number of fused-ring (bicyclic) bond motifs is 4. The molecule has 1 aromatic heterocycles. The van der Waals surface area contributed by atoms with Crippen molar-refractivity contribution in [1.82, 2.24) is 4.98 Å². The van der Waals surface area contributed by atoms with Gasteiger partial charge in [0.15, 0.2) is 16.8 Å². The van der Waals surface area contributed by atoms with E-state index in [9.17, 15) is 4.39 Å². The molecule has 0 amide bonds. The Bertz CT molecular complexity index is 396. The maximum atomic E-state index is 13.2. The Morgan fingerprint density at radius 3 is 3.36 bits per heavy atom. The van der Waals surface area contributed by atoms with E-state index in [-0.39, 0.29) is 5.15 Å². The molecule has 1 fully saturated rings. The lowest BCUT2D eigenvalue weighted by Crippen LogP contribution is -2.32. The predicted molar refractivity (Wildman–Crippen MR) is 53.4 cm³/mol. The average Bonchev–Trinajstić information content (AvgIpc) is 2.54.